The van der Waals surface area contributed by atoms with Gasteiger partial charge in [0, 0.05) is 11.8 Å². The van der Waals surface area contributed by atoms with Crippen LogP contribution in [-0.2, 0) is 5.41 Å². The van der Waals surface area contributed by atoms with E-state index in [2.05, 4.69) is 25.8 Å². The molecule has 2 N–H and O–H groups in total. The third kappa shape index (κ3) is 2.41. The maximum Gasteiger partial charge on any atom is 0.166 e. The highest BCUT2D eigenvalue weighted by atomic mass is 16.5. The standard InChI is InChI=1S/C12H20N2O/c1-6-15-10-9(12(3,4)5)8(2)7-14-11(10)13/h7H,6H2,1-5H3,(H2,13,14). The van der Waals surface area contributed by atoms with E-state index in [0.29, 0.717) is 12.4 Å². The van der Waals surface area contributed by atoms with Crippen LogP contribution in [0.15, 0.2) is 6.20 Å². The second kappa shape index (κ2) is 4.09. The minimum Gasteiger partial charge on any atom is -0.490 e. The van der Waals surface area contributed by atoms with E-state index in [9.17, 15) is 0 Å². The van der Waals surface area contributed by atoms with Crippen LogP contribution in [0.1, 0.15) is 38.8 Å². The first kappa shape index (κ1) is 11.8. The summed E-state index contributed by atoms with van der Waals surface area (Å²) in [5.74, 6) is 1.22. The minimum absolute atomic E-state index is 0.0195. The smallest absolute Gasteiger partial charge is 0.166 e. The molecule has 1 aromatic heterocycles. The van der Waals surface area contributed by atoms with Crippen molar-refractivity contribution >= 4 is 5.82 Å². The number of aryl methyl sites for hydroxylation is 1. The van der Waals surface area contributed by atoms with Crippen molar-refractivity contribution in [1.29, 1.82) is 0 Å². The van der Waals surface area contributed by atoms with E-state index in [4.69, 9.17) is 10.5 Å². The van der Waals surface area contributed by atoms with E-state index in [1.807, 2.05) is 13.8 Å². The lowest BCUT2D eigenvalue weighted by atomic mass is 9.84. The number of hydrogen-bond donors (Lipinski definition) is 1. The van der Waals surface area contributed by atoms with E-state index in [-0.39, 0.29) is 5.41 Å². The van der Waals surface area contributed by atoms with Gasteiger partial charge in [-0.2, -0.15) is 0 Å². The Hall–Kier alpha value is -1.25. The largest absolute Gasteiger partial charge is 0.490 e. The second-order valence-corrected chi connectivity index (χ2v) is 4.71. The zero-order valence-corrected chi connectivity index (χ0v) is 10.2. The van der Waals surface area contributed by atoms with Crippen LogP contribution in [-0.4, -0.2) is 11.6 Å². The molecular formula is C12H20N2O. The van der Waals surface area contributed by atoms with Gasteiger partial charge in [-0.05, 0) is 24.8 Å². The molecule has 0 fully saturated rings. The summed E-state index contributed by atoms with van der Waals surface area (Å²) in [7, 11) is 0. The van der Waals surface area contributed by atoms with Crippen LogP contribution in [0.25, 0.3) is 0 Å². The van der Waals surface area contributed by atoms with Gasteiger partial charge in [-0.25, -0.2) is 4.98 Å². The Balaban J connectivity index is 3.38. The van der Waals surface area contributed by atoms with Crippen LogP contribution >= 0.6 is 0 Å². The molecule has 0 spiro atoms. The summed E-state index contributed by atoms with van der Waals surface area (Å²) in [6.45, 7) is 11.0. The van der Waals surface area contributed by atoms with Crippen molar-refractivity contribution in [3.8, 4) is 5.75 Å². The van der Waals surface area contributed by atoms with Crippen LogP contribution in [0.3, 0.4) is 0 Å². The fourth-order valence-electron chi connectivity index (χ4n) is 1.82. The summed E-state index contributed by atoms with van der Waals surface area (Å²) in [4.78, 5) is 4.12. The van der Waals surface area contributed by atoms with Gasteiger partial charge in [-0.15, -0.1) is 0 Å². The van der Waals surface area contributed by atoms with Crippen molar-refractivity contribution in [2.24, 2.45) is 0 Å². The predicted molar refractivity (Wildman–Crippen MR) is 63.3 cm³/mol. The quantitative estimate of drug-likeness (QED) is 0.812. The Kier molecular flexibility index (Phi) is 3.22. The Bertz CT molecular complexity index is 353. The van der Waals surface area contributed by atoms with Crippen molar-refractivity contribution in [2.45, 2.75) is 40.0 Å². The van der Waals surface area contributed by atoms with Gasteiger partial charge >= 0.3 is 0 Å². The van der Waals surface area contributed by atoms with Crippen LogP contribution in [0.2, 0.25) is 0 Å². The number of anilines is 1. The van der Waals surface area contributed by atoms with Crippen LogP contribution < -0.4 is 10.5 Å². The molecule has 0 aliphatic heterocycles. The van der Waals surface area contributed by atoms with Crippen LogP contribution in [0, 0.1) is 6.92 Å². The monoisotopic (exact) mass is 208 g/mol. The Morgan fingerprint density at radius 2 is 2.00 bits per heavy atom. The van der Waals surface area contributed by atoms with Gasteiger partial charge in [0.05, 0.1) is 6.61 Å². The normalized spacial score (nSPS) is 11.5. The summed E-state index contributed by atoms with van der Waals surface area (Å²) >= 11 is 0. The average Bonchev–Trinajstić information content (AvgIpc) is 2.09. The molecule has 0 unspecified atom stereocenters. The summed E-state index contributed by atoms with van der Waals surface area (Å²) in [6, 6.07) is 0. The van der Waals surface area contributed by atoms with Gasteiger partial charge in [0.25, 0.3) is 0 Å². The first-order valence-electron chi connectivity index (χ1n) is 5.26. The van der Waals surface area contributed by atoms with E-state index in [1.165, 1.54) is 0 Å². The molecule has 0 amide bonds. The highest BCUT2D eigenvalue weighted by molar-refractivity contribution is 5.56. The third-order valence-electron chi connectivity index (χ3n) is 2.29. The molecule has 15 heavy (non-hydrogen) atoms. The SMILES string of the molecule is CCOc1c(N)ncc(C)c1C(C)(C)C. The van der Waals surface area contributed by atoms with E-state index >= 15 is 0 Å². The number of pyridine rings is 1. The Morgan fingerprint density at radius 1 is 1.40 bits per heavy atom. The molecule has 0 aliphatic rings. The van der Waals surface area contributed by atoms with Crippen molar-refractivity contribution in [3.63, 3.8) is 0 Å². The third-order valence-corrected chi connectivity index (χ3v) is 2.29. The van der Waals surface area contributed by atoms with E-state index in [0.717, 1.165) is 16.9 Å². The molecule has 84 valence electrons. The van der Waals surface area contributed by atoms with Gasteiger partial charge in [0.1, 0.15) is 0 Å². The number of ether oxygens (including phenoxy) is 1. The van der Waals surface area contributed by atoms with Crippen LogP contribution in [0.5, 0.6) is 5.75 Å². The Morgan fingerprint density at radius 3 is 2.47 bits per heavy atom. The van der Waals surface area contributed by atoms with Crippen molar-refractivity contribution in [2.75, 3.05) is 12.3 Å². The number of nitrogens with zero attached hydrogens (tertiary/aromatic N) is 1. The first-order valence-corrected chi connectivity index (χ1v) is 5.26. The summed E-state index contributed by atoms with van der Waals surface area (Å²) in [6.07, 6.45) is 1.80. The predicted octanol–water partition coefficient (Wildman–Crippen LogP) is 2.67. The lowest BCUT2D eigenvalue weighted by Crippen LogP contribution is -2.17. The average molecular weight is 208 g/mol. The van der Waals surface area contributed by atoms with Gasteiger partial charge in [-0.3, -0.25) is 0 Å². The minimum atomic E-state index is 0.0195. The molecule has 1 aromatic rings. The zero-order valence-electron chi connectivity index (χ0n) is 10.2. The highest BCUT2D eigenvalue weighted by Crippen LogP contribution is 2.36. The summed E-state index contributed by atoms with van der Waals surface area (Å²) < 4.78 is 5.59. The maximum atomic E-state index is 5.84. The van der Waals surface area contributed by atoms with Crippen molar-refractivity contribution in [1.82, 2.24) is 4.98 Å². The van der Waals surface area contributed by atoms with Crippen molar-refractivity contribution in [3.05, 3.63) is 17.3 Å². The summed E-state index contributed by atoms with van der Waals surface area (Å²) in [5.41, 5.74) is 8.13. The molecule has 1 heterocycles. The molecule has 3 heteroatoms. The molecule has 0 saturated heterocycles. The van der Waals surface area contributed by atoms with Gasteiger partial charge in [0.2, 0.25) is 0 Å². The molecule has 0 atom stereocenters. The summed E-state index contributed by atoms with van der Waals surface area (Å²) in [5, 5.41) is 0. The fraction of sp³-hybridized carbons (Fsp3) is 0.583. The van der Waals surface area contributed by atoms with Gasteiger partial charge < -0.3 is 10.5 Å². The molecule has 0 radical (unpaired) electrons. The van der Waals surface area contributed by atoms with E-state index in [1.54, 1.807) is 6.20 Å². The maximum absolute atomic E-state index is 5.84. The molecular weight excluding hydrogens is 188 g/mol. The second-order valence-electron chi connectivity index (χ2n) is 4.71. The fourth-order valence-corrected chi connectivity index (χ4v) is 1.82. The number of hydrogen-bond acceptors (Lipinski definition) is 3. The van der Waals surface area contributed by atoms with Gasteiger partial charge in [0.15, 0.2) is 11.6 Å². The molecule has 1 rings (SSSR count). The van der Waals surface area contributed by atoms with Gasteiger partial charge in [-0.1, -0.05) is 20.8 Å². The zero-order chi connectivity index (χ0) is 11.6. The number of nitrogens with two attached hydrogens (primary N) is 1. The van der Waals surface area contributed by atoms with Crippen molar-refractivity contribution < 1.29 is 4.74 Å². The van der Waals surface area contributed by atoms with E-state index < -0.39 is 0 Å². The Labute approximate surface area is 91.7 Å². The molecule has 0 saturated carbocycles. The number of aromatic nitrogens is 1. The molecule has 0 bridgehead atoms. The lowest BCUT2D eigenvalue weighted by Gasteiger charge is -2.25. The number of nitrogen functional groups attached to an aromatic ring is 1. The highest BCUT2D eigenvalue weighted by Gasteiger charge is 2.23. The topological polar surface area (TPSA) is 48.1 Å². The molecule has 0 aliphatic carbocycles. The number of rotatable bonds is 2. The first-order chi connectivity index (χ1) is 6.88. The van der Waals surface area contributed by atoms with Crippen LogP contribution in [0.4, 0.5) is 5.82 Å². The lowest BCUT2D eigenvalue weighted by molar-refractivity contribution is 0.330. The molecule has 3 nitrogen and oxygen atoms in total. The molecule has 0 aromatic carbocycles.